The second-order valence-corrected chi connectivity index (χ2v) is 5.35. The van der Waals surface area contributed by atoms with Crippen LogP contribution >= 0.6 is 27.5 Å². The van der Waals surface area contributed by atoms with E-state index in [9.17, 15) is 0 Å². The highest BCUT2D eigenvalue weighted by Crippen LogP contribution is 2.33. The fourth-order valence-corrected chi connectivity index (χ4v) is 2.73. The Balaban J connectivity index is 2.34. The Labute approximate surface area is 115 Å². The Kier molecular flexibility index (Phi) is 4.48. The zero-order valence-corrected chi connectivity index (χ0v) is 12.0. The van der Waals surface area contributed by atoms with Gasteiger partial charge < -0.3 is 10.1 Å². The summed E-state index contributed by atoms with van der Waals surface area (Å²) in [6.45, 7) is 0.816. The van der Waals surface area contributed by atoms with Crippen LogP contribution in [0, 0.1) is 0 Å². The third kappa shape index (κ3) is 3.03. The summed E-state index contributed by atoms with van der Waals surface area (Å²) in [5.74, 6) is 0. The van der Waals surface area contributed by atoms with Crippen LogP contribution in [0.15, 0.2) is 34.5 Å². The van der Waals surface area contributed by atoms with E-state index in [-0.39, 0.29) is 6.04 Å². The maximum atomic E-state index is 6.06. The van der Waals surface area contributed by atoms with Gasteiger partial charge in [0.05, 0.1) is 18.9 Å². The molecule has 0 aromatic heterocycles. The number of benzene rings is 1. The molecule has 0 fully saturated rings. The van der Waals surface area contributed by atoms with E-state index >= 15 is 0 Å². The number of rotatable bonds is 3. The van der Waals surface area contributed by atoms with Crippen LogP contribution in [0.4, 0.5) is 0 Å². The standard InChI is InChI=1S/C13H15BrClNO/c1-16-13(9-3-2-6-17-8-9)11-7-10(15)4-5-12(11)14/h4-5,7-8,13,16H,2-3,6H2,1H3. The molecule has 0 amide bonds. The molecule has 0 aliphatic carbocycles. The molecule has 0 saturated carbocycles. The SMILES string of the molecule is CNC(C1=COCCC1)c1cc(Cl)ccc1Br. The quantitative estimate of drug-likeness (QED) is 0.908. The van der Waals surface area contributed by atoms with E-state index in [1.807, 2.05) is 31.5 Å². The minimum absolute atomic E-state index is 0.156. The zero-order valence-electron chi connectivity index (χ0n) is 9.67. The maximum Gasteiger partial charge on any atom is 0.0876 e. The molecule has 17 heavy (non-hydrogen) atoms. The first-order valence-corrected chi connectivity index (χ1v) is 6.82. The lowest BCUT2D eigenvalue weighted by Crippen LogP contribution is -2.21. The summed E-state index contributed by atoms with van der Waals surface area (Å²) in [4.78, 5) is 0. The minimum Gasteiger partial charge on any atom is -0.501 e. The van der Waals surface area contributed by atoms with Gasteiger partial charge in [0, 0.05) is 9.50 Å². The van der Waals surface area contributed by atoms with E-state index in [0.29, 0.717) is 0 Å². The molecule has 1 aliphatic rings. The van der Waals surface area contributed by atoms with E-state index in [1.165, 1.54) is 5.57 Å². The molecule has 92 valence electrons. The van der Waals surface area contributed by atoms with Gasteiger partial charge in [0.1, 0.15) is 0 Å². The van der Waals surface area contributed by atoms with Crippen LogP contribution in [0.1, 0.15) is 24.4 Å². The summed E-state index contributed by atoms with van der Waals surface area (Å²) in [6.07, 6.45) is 4.00. The van der Waals surface area contributed by atoms with Gasteiger partial charge in [-0.05, 0) is 49.2 Å². The molecule has 2 rings (SSSR count). The van der Waals surface area contributed by atoms with E-state index in [0.717, 1.165) is 34.5 Å². The van der Waals surface area contributed by atoms with Crippen molar-refractivity contribution >= 4 is 27.5 Å². The molecular weight excluding hydrogens is 302 g/mol. The Morgan fingerprint density at radius 2 is 2.29 bits per heavy atom. The number of hydrogen-bond donors (Lipinski definition) is 1. The van der Waals surface area contributed by atoms with Crippen LogP contribution < -0.4 is 5.32 Å². The molecule has 1 aliphatic heterocycles. The normalized spacial score (nSPS) is 17.2. The third-order valence-corrected chi connectivity index (χ3v) is 3.85. The minimum atomic E-state index is 0.156. The summed E-state index contributed by atoms with van der Waals surface area (Å²) in [5, 5.41) is 4.07. The summed E-state index contributed by atoms with van der Waals surface area (Å²) < 4.78 is 6.47. The summed E-state index contributed by atoms with van der Waals surface area (Å²) in [6, 6.07) is 6.01. The first-order chi connectivity index (χ1) is 8.22. The summed E-state index contributed by atoms with van der Waals surface area (Å²) in [5.41, 5.74) is 2.42. The van der Waals surface area contributed by atoms with Crippen molar-refractivity contribution < 1.29 is 4.74 Å². The van der Waals surface area contributed by atoms with Crippen molar-refractivity contribution in [3.05, 3.63) is 45.1 Å². The first-order valence-electron chi connectivity index (χ1n) is 5.65. The fourth-order valence-electron chi connectivity index (χ4n) is 2.07. The number of likely N-dealkylation sites (N-methyl/N-ethyl adjacent to an activating group) is 1. The lowest BCUT2D eigenvalue weighted by atomic mass is 9.95. The average molecular weight is 317 g/mol. The van der Waals surface area contributed by atoms with Gasteiger partial charge in [0.2, 0.25) is 0 Å². The Morgan fingerprint density at radius 1 is 1.47 bits per heavy atom. The topological polar surface area (TPSA) is 21.3 Å². The summed E-state index contributed by atoms with van der Waals surface area (Å²) in [7, 11) is 1.95. The van der Waals surface area contributed by atoms with Crippen molar-refractivity contribution in [3.63, 3.8) is 0 Å². The van der Waals surface area contributed by atoms with Crippen molar-refractivity contribution in [2.45, 2.75) is 18.9 Å². The predicted molar refractivity (Wildman–Crippen MR) is 74.2 cm³/mol. The number of halogens is 2. The van der Waals surface area contributed by atoms with Gasteiger partial charge in [0.25, 0.3) is 0 Å². The molecule has 1 atom stereocenters. The lowest BCUT2D eigenvalue weighted by Gasteiger charge is -2.24. The van der Waals surface area contributed by atoms with E-state index < -0.39 is 0 Å². The maximum absolute atomic E-state index is 6.06. The molecule has 1 aromatic carbocycles. The molecule has 0 radical (unpaired) electrons. The molecule has 4 heteroatoms. The molecule has 1 unspecified atom stereocenters. The van der Waals surface area contributed by atoms with Gasteiger partial charge in [-0.15, -0.1) is 0 Å². The van der Waals surface area contributed by atoms with Crippen molar-refractivity contribution in [3.8, 4) is 0 Å². The van der Waals surface area contributed by atoms with Gasteiger partial charge in [-0.3, -0.25) is 0 Å². The summed E-state index contributed by atoms with van der Waals surface area (Å²) >= 11 is 9.63. The van der Waals surface area contributed by atoms with Crippen molar-refractivity contribution in [2.75, 3.05) is 13.7 Å². The highest BCUT2D eigenvalue weighted by atomic mass is 79.9. The zero-order chi connectivity index (χ0) is 12.3. The molecular formula is C13H15BrClNO. The van der Waals surface area contributed by atoms with Crippen LogP contribution in [0.5, 0.6) is 0 Å². The molecule has 1 heterocycles. The second-order valence-electron chi connectivity index (χ2n) is 4.05. The monoisotopic (exact) mass is 315 g/mol. The van der Waals surface area contributed by atoms with Crippen LogP contribution in [0.25, 0.3) is 0 Å². The fraction of sp³-hybridized carbons (Fsp3) is 0.385. The molecule has 1 N–H and O–H groups in total. The molecule has 0 saturated heterocycles. The van der Waals surface area contributed by atoms with Crippen molar-refractivity contribution in [2.24, 2.45) is 0 Å². The van der Waals surface area contributed by atoms with Crippen LogP contribution in [-0.2, 0) is 4.74 Å². The second kappa shape index (κ2) is 5.89. The molecule has 1 aromatic rings. The van der Waals surface area contributed by atoms with Gasteiger partial charge in [-0.2, -0.15) is 0 Å². The van der Waals surface area contributed by atoms with Gasteiger partial charge in [0.15, 0.2) is 0 Å². The van der Waals surface area contributed by atoms with E-state index in [4.69, 9.17) is 16.3 Å². The van der Waals surface area contributed by atoms with Crippen molar-refractivity contribution in [1.29, 1.82) is 0 Å². The molecule has 0 bridgehead atoms. The van der Waals surface area contributed by atoms with Gasteiger partial charge in [-0.25, -0.2) is 0 Å². The molecule has 2 nitrogen and oxygen atoms in total. The first kappa shape index (κ1) is 12.9. The van der Waals surface area contributed by atoms with Gasteiger partial charge in [-0.1, -0.05) is 27.5 Å². The highest BCUT2D eigenvalue weighted by molar-refractivity contribution is 9.10. The smallest absolute Gasteiger partial charge is 0.0876 e. The molecule has 0 spiro atoms. The predicted octanol–water partition coefficient (Wildman–Crippen LogP) is 4.06. The third-order valence-electron chi connectivity index (χ3n) is 2.89. The van der Waals surface area contributed by atoms with Crippen LogP contribution in [-0.4, -0.2) is 13.7 Å². The Morgan fingerprint density at radius 3 is 2.94 bits per heavy atom. The Hall–Kier alpha value is -0.510. The lowest BCUT2D eigenvalue weighted by molar-refractivity contribution is 0.220. The number of ether oxygens (including phenoxy) is 1. The largest absolute Gasteiger partial charge is 0.501 e. The van der Waals surface area contributed by atoms with Crippen LogP contribution in [0.2, 0.25) is 5.02 Å². The number of hydrogen-bond acceptors (Lipinski definition) is 2. The number of nitrogens with one attached hydrogen (secondary N) is 1. The van der Waals surface area contributed by atoms with E-state index in [2.05, 4.69) is 21.2 Å². The van der Waals surface area contributed by atoms with Crippen LogP contribution in [0.3, 0.4) is 0 Å². The average Bonchev–Trinajstić information content (AvgIpc) is 2.36. The van der Waals surface area contributed by atoms with E-state index in [1.54, 1.807) is 0 Å². The highest BCUT2D eigenvalue weighted by Gasteiger charge is 2.19. The Bertz CT molecular complexity index is 433. The van der Waals surface area contributed by atoms with Crippen molar-refractivity contribution in [1.82, 2.24) is 5.32 Å². The van der Waals surface area contributed by atoms with Gasteiger partial charge >= 0.3 is 0 Å².